The molecule has 154 valence electrons. The van der Waals surface area contributed by atoms with Gasteiger partial charge >= 0.3 is 5.97 Å². The number of ether oxygens (including phenoxy) is 1. The van der Waals surface area contributed by atoms with Crippen molar-refractivity contribution >= 4 is 33.5 Å². The largest absolute Gasteiger partial charge is 0.459 e. The molecule has 1 aliphatic rings. The highest BCUT2D eigenvalue weighted by molar-refractivity contribution is 7.89. The number of carbonyl (C=O) groups is 3. The van der Waals surface area contributed by atoms with Gasteiger partial charge in [0, 0.05) is 12.2 Å². The number of rotatable bonds is 6. The fourth-order valence-electron chi connectivity index (χ4n) is 2.98. The van der Waals surface area contributed by atoms with Crippen molar-refractivity contribution in [1.82, 2.24) is 4.90 Å². The topological polar surface area (TPSA) is 149 Å². The van der Waals surface area contributed by atoms with Crippen molar-refractivity contribution in [3.05, 3.63) is 48.4 Å². The minimum atomic E-state index is -3.91. The molecule has 0 saturated carbocycles. The molecule has 1 fully saturated rings. The molecule has 1 aromatic carbocycles. The quantitative estimate of drug-likeness (QED) is 0.652. The lowest BCUT2D eigenvalue weighted by atomic mass is 10.2. The first-order chi connectivity index (χ1) is 13.8. The molecular formula is C18H19N3O7S. The van der Waals surface area contributed by atoms with Gasteiger partial charge in [0.2, 0.25) is 10.0 Å². The Morgan fingerprint density at radius 3 is 2.72 bits per heavy atom. The zero-order valence-electron chi connectivity index (χ0n) is 15.2. The smallest absolute Gasteiger partial charge is 0.329 e. The molecule has 0 bridgehead atoms. The van der Waals surface area contributed by atoms with Crippen LogP contribution in [0, 0.1) is 0 Å². The molecule has 0 aliphatic carbocycles. The van der Waals surface area contributed by atoms with E-state index < -0.39 is 40.5 Å². The third-order valence-corrected chi connectivity index (χ3v) is 5.22. The van der Waals surface area contributed by atoms with Crippen molar-refractivity contribution < 1.29 is 32.0 Å². The van der Waals surface area contributed by atoms with Gasteiger partial charge in [0.05, 0.1) is 11.2 Å². The zero-order valence-corrected chi connectivity index (χ0v) is 16.1. The van der Waals surface area contributed by atoms with Crippen LogP contribution < -0.4 is 10.5 Å². The van der Waals surface area contributed by atoms with Crippen LogP contribution in [0.2, 0.25) is 0 Å². The second-order valence-corrected chi connectivity index (χ2v) is 7.92. The molecular weight excluding hydrogens is 402 g/mol. The van der Waals surface area contributed by atoms with E-state index in [0.29, 0.717) is 19.4 Å². The van der Waals surface area contributed by atoms with E-state index in [4.69, 9.17) is 14.3 Å². The summed E-state index contributed by atoms with van der Waals surface area (Å²) in [7, 11) is -3.91. The number of sulfonamides is 1. The Labute approximate surface area is 166 Å². The van der Waals surface area contributed by atoms with Gasteiger partial charge in [-0.25, -0.2) is 18.4 Å². The molecule has 1 aliphatic heterocycles. The maximum atomic E-state index is 12.4. The van der Waals surface area contributed by atoms with Gasteiger partial charge in [-0.15, -0.1) is 0 Å². The van der Waals surface area contributed by atoms with Gasteiger partial charge in [-0.2, -0.15) is 0 Å². The molecule has 1 atom stereocenters. The molecule has 11 heteroatoms. The van der Waals surface area contributed by atoms with Crippen LogP contribution in [0.5, 0.6) is 0 Å². The van der Waals surface area contributed by atoms with Gasteiger partial charge < -0.3 is 19.4 Å². The number of primary sulfonamides is 1. The van der Waals surface area contributed by atoms with E-state index in [0.717, 1.165) is 0 Å². The predicted octanol–water partition coefficient (Wildman–Crippen LogP) is 0.713. The Bertz CT molecular complexity index is 1020. The maximum Gasteiger partial charge on any atom is 0.329 e. The second-order valence-electron chi connectivity index (χ2n) is 6.36. The van der Waals surface area contributed by atoms with Crippen LogP contribution in [0.4, 0.5) is 5.69 Å². The number of esters is 1. The minimum absolute atomic E-state index is 0.122. The summed E-state index contributed by atoms with van der Waals surface area (Å²) in [5.74, 6) is -1.65. The van der Waals surface area contributed by atoms with Crippen LogP contribution in [0.25, 0.3) is 0 Å². The summed E-state index contributed by atoms with van der Waals surface area (Å²) < 4.78 is 32.8. The first-order valence-corrected chi connectivity index (χ1v) is 10.2. The summed E-state index contributed by atoms with van der Waals surface area (Å²) in [5.41, 5.74) is 0.188. The zero-order chi connectivity index (χ0) is 21.0. The first kappa shape index (κ1) is 20.6. The van der Waals surface area contributed by atoms with Gasteiger partial charge in [-0.3, -0.25) is 9.59 Å². The van der Waals surface area contributed by atoms with Crippen LogP contribution in [0.3, 0.4) is 0 Å². The van der Waals surface area contributed by atoms with E-state index in [1.807, 2.05) is 0 Å². The van der Waals surface area contributed by atoms with Crippen molar-refractivity contribution in [2.45, 2.75) is 23.8 Å². The molecule has 1 saturated heterocycles. The SMILES string of the molecule is NS(=O)(=O)c1cccc(NC(=O)COC(=O)[C@@H]2CCCN2C(=O)c2ccco2)c1. The third kappa shape index (κ3) is 5.00. The number of nitrogens with two attached hydrogens (primary N) is 1. The van der Waals surface area contributed by atoms with E-state index in [-0.39, 0.29) is 16.3 Å². The Morgan fingerprint density at radius 1 is 1.24 bits per heavy atom. The van der Waals surface area contributed by atoms with E-state index >= 15 is 0 Å². The van der Waals surface area contributed by atoms with Crippen LogP contribution in [0.1, 0.15) is 23.4 Å². The average Bonchev–Trinajstić information content (AvgIpc) is 3.37. The number of likely N-dealkylation sites (tertiary alicyclic amines) is 1. The van der Waals surface area contributed by atoms with Crippen LogP contribution in [-0.4, -0.2) is 50.3 Å². The highest BCUT2D eigenvalue weighted by atomic mass is 32.2. The second kappa shape index (κ2) is 8.45. The van der Waals surface area contributed by atoms with E-state index in [9.17, 15) is 22.8 Å². The van der Waals surface area contributed by atoms with Crippen LogP contribution >= 0.6 is 0 Å². The number of benzene rings is 1. The summed E-state index contributed by atoms with van der Waals surface area (Å²) >= 11 is 0. The number of nitrogens with zero attached hydrogens (tertiary/aromatic N) is 1. The molecule has 3 rings (SSSR count). The van der Waals surface area contributed by atoms with Crippen LogP contribution in [-0.2, 0) is 24.3 Å². The Kier molecular flexibility index (Phi) is 5.99. The highest BCUT2D eigenvalue weighted by Crippen LogP contribution is 2.21. The monoisotopic (exact) mass is 421 g/mol. The number of furan rings is 1. The van der Waals surface area contributed by atoms with Gasteiger partial charge in [-0.1, -0.05) is 6.07 Å². The van der Waals surface area contributed by atoms with Crippen molar-refractivity contribution in [1.29, 1.82) is 0 Å². The highest BCUT2D eigenvalue weighted by Gasteiger charge is 2.36. The van der Waals surface area contributed by atoms with Crippen molar-refractivity contribution in [2.24, 2.45) is 5.14 Å². The molecule has 2 amide bonds. The molecule has 29 heavy (non-hydrogen) atoms. The molecule has 2 heterocycles. The summed E-state index contributed by atoms with van der Waals surface area (Å²) in [6.45, 7) is -0.205. The summed E-state index contributed by atoms with van der Waals surface area (Å²) in [6, 6.07) is 7.64. The number of carbonyl (C=O) groups excluding carboxylic acids is 3. The summed E-state index contributed by atoms with van der Waals surface area (Å²) in [4.78, 5) is 38.0. The summed E-state index contributed by atoms with van der Waals surface area (Å²) in [6.07, 6.45) is 2.41. The minimum Gasteiger partial charge on any atom is -0.459 e. The standard InChI is InChI=1S/C18H19N3O7S/c19-29(25,26)13-5-1-4-12(10-13)20-16(22)11-28-18(24)14-6-2-8-21(14)17(23)15-7-3-9-27-15/h1,3-5,7,9-10,14H,2,6,8,11H2,(H,20,22)(H2,19,25,26)/t14-/m0/s1. The fourth-order valence-corrected chi connectivity index (χ4v) is 3.54. The molecule has 0 unspecified atom stereocenters. The fraction of sp³-hybridized carbons (Fsp3) is 0.278. The Balaban J connectivity index is 1.56. The van der Waals surface area contributed by atoms with Crippen molar-refractivity contribution in [2.75, 3.05) is 18.5 Å². The molecule has 0 spiro atoms. The van der Waals surface area contributed by atoms with Gasteiger partial charge in [0.25, 0.3) is 11.8 Å². The molecule has 0 radical (unpaired) electrons. The lowest BCUT2D eigenvalue weighted by Gasteiger charge is -2.22. The number of nitrogens with one attached hydrogen (secondary N) is 1. The molecule has 2 aromatic rings. The maximum absolute atomic E-state index is 12.4. The normalized spacial score (nSPS) is 16.4. The Hall–Kier alpha value is -3.18. The number of anilines is 1. The van der Waals surface area contributed by atoms with E-state index in [1.165, 1.54) is 41.5 Å². The molecule has 3 N–H and O–H groups in total. The van der Waals surface area contributed by atoms with E-state index in [2.05, 4.69) is 5.32 Å². The van der Waals surface area contributed by atoms with Crippen molar-refractivity contribution in [3.63, 3.8) is 0 Å². The lowest BCUT2D eigenvalue weighted by molar-refractivity contribution is -0.151. The van der Waals surface area contributed by atoms with Crippen molar-refractivity contribution in [3.8, 4) is 0 Å². The molecule has 1 aromatic heterocycles. The molecule has 10 nitrogen and oxygen atoms in total. The number of amides is 2. The average molecular weight is 421 g/mol. The third-order valence-electron chi connectivity index (χ3n) is 4.31. The van der Waals surface area contributed by atoms with Crippen LogP contribution in [0.15, 0.2) is 52.0 Å². The van der Waals surface area contributed by atoms with Gasteiger partial charge in [-0.05, 0) is 43.2 Å². The van der Waals surface area contributed by atoms with Gasteiger partial charge in [0.15, 0.2) is 12.4 Å². The number of hydrogen-bond acceptors (Lipinski definition) is 7. The first-order valence-electron chi connectivity index (χ1n) is 8.69. The summed E-state index contributed by atoms with van der Waals surface area (Å²) in [5, 5.41) is 7.47. The van der Waals surface area contributed by atoms with Gasteiger partial charge in [0.1, 0.15) is 6.04 Å². The Morgan fingerprint density at radius 2 is 2.03 bits per heavy atom. The van der Waals surface area contributed by atoms with E-state index in [1.54, 1.807) is 6.07 Å². The predicted molar refractivity (Wildman–Crippen MR) is 100 cm³/mol. The number of hydrogen-bond donors (Lipinski definition) is 2. The lowest BCUT2D eigenvalue weighted by Crippen LogP contribution is -2.42.